The SMILES string of the molecule is CC(=O)OC1C2CC1N(C(=O)OCc1ccccc1)C2c1ccccc1. The van der Waals surface area contributed by atoms with Gasteiger partial charge in [-0.2, -0.15) is 0 Å². The molecule has 4 atom stereocenters. The zero-order valence-corrected chi connectivity index (χ0v) is 14.6. The number of fused-ring (bicyclic) bond motifs is 1. The minimum atomic E-state index is -0.357. The molecule has 1 saturated carbocycles. The Hall–Kier alpha value is -2.82. The van der Waals surface area contributed by atoms with Crippen LogP contribution in [0.25, 0.3) is 0 Å². The van der Waals surface area contributed by atoms with Crippen molar-refractivity contribution in [2.45, 2.75) is 38.1 Å². The number of ether oxygens (including phenoxy) is 2. The average molecular weight is 351 g/mol. The van der Waals surface area contributed by atoms with Crippen LogP contribution in [-0.4, -0.2) is 29.1 Å². The Labute approximate surface area is 152 Å². The Morgan fingerprint density at radius 2 is 1.69 bits per heavy atom. The molecule has 134 valence electrons. The van der Waals surface area contributed by atoms with Gasteiger partial charge in [0.25, 0.3) is 0 Å². The standard InChI is InChI=1S/C21H21NO4/c1-14(23)26-20-17-12-18(20)22(19(17)16-10-6-3-7-11-16)21(24)25-13-15-8-4-2-5-9-15/h2-11,17-20H,12-13H2,1H3. The minimum absolute atomic E-state index is 0.114. The van der Waals surface area contributed by atoms with E-state index in [0.717, 1.165) is 17.5 Å². The van der Waals surface area contributed by atoms with E-state index in [9.17, 15) is 9.59 Å². The molecule has 1 aliphatic carbocycles. The molecule has 2 saturated heterocycles. The lowest BCUT2D eigenvalue weighted by Crippen LogP contribution is -2.47. The second kappa shape index (κ2) is 6.83. The zero-order chi connectivity index (χ0) is 18.1. The first-order valence-electron chi connectivity index (χ1n) is 8.86. The molecule has 2 bridgehead atoms. The van der Waals surface area contributed by atoms with Crippen molar-refractivity contribution in [3.05, 3.63) is 71.8 Å². The molecule has 4 unspecified atom stereocenters. The van der Waals surface area contributed by atoms with Crippen LogP contribution in [0.3, 0.4) is 0 Å². The predicted octanol–water partition coefficient (Wildman–Crippen LogP) is 3.70. The molecule has 0 N–H and O–H groups in total. The molecule has 0 spiro atoms. The molecule has 3 fully saturated rings. The minimum Gasteiger partial charge on any atom is -0.460 e. The van der Waals surface area contributed by atoms with E-state index in [1.54, 1.807) is 4.90 Å². The number of hydrogen-bond donors (Lipinski definition) is 0. The van der Waals surface area contributed by atoms with Crippen LogP contribution in [0.4, 0.5) is 4.79 Å². The second-order valence-electron chi connectivity index (χ2n) is 6.84. The quantitative estimate of drug-likeness (QED) is 0.788. The fraction of sp³-hybridized carbons (Fsp3) is 0.333. The Bertz CT molecular complexity index is 792. The number of carbonyl (C=O) groups is 2. The third kappa shape index (κ3) is 2.94. The van der Waals surface area contributed by atoms with Gasteiger partial charge in [-0.25, -0.2) is 4.79 Å². The Morgan fingerprint density at radius 1 is 1.04 bits per heavy atom. The van der Waals surface area contributed by atoms with Gasteiger partial charge in [-0.1, -0.05) is 60.7 Å². The molecule has 0 radical (unpaired) electrons. The summed E-state index contributed by atoms with van der Waals surface area (Å²) in [5, 5.41) is 0. The van der Waals surface area contributed by atoms with Gasteiger partial charge in [-0.05, 0) is 17.5 Å². The van der Waals surface area contributed by atoms with Crippen LogP contribution in [0.2, 0.25) is 0 Å². The molecule has 1 amide bonds. The smallest absolute Gasteiger partial charge is 0.411 e. The molecule has 5 heteroatoms. The van der Waals surface area contributed by atoms with Crippen molar-refractivity contribution >= 4 is 12.1 Å². The van der Waals surface area contributed by atoms with E-state index < -0.39 is 0 Å². The fourth-order valence-corrected chi connectivity index (χ4v) is 4.09. The van der Waals surface area contributed by atoms with Gasteiger partial charge in [-0.15, -0.1) is 0 Å². The number of benzene rings is 2. The highest BCUT2D eigenvalue weighted by Gasteiger charge is 2.62. The summed E-state index contributed by atoms with van der Waals surface area (Å²) < 4.78 is 11.0. The van der Waals surface area contributed by atoms with Crippen molar-refractivity contribution in [3.63, 3.8) is 0 Å². The fourth-order valence-electron chi connectivity index (χ4n) is 4.09. The van der Waals surface area contributed by atoms with Crippen LogP contribution < -0.4 is 0 Å². The third-order valence-corrected chi connectivity index (χ3v) is 5.24. The molecular weight excluding hydrogens is 330 g/mol. The lowest BCUT2D eigenvalue weighted by molar-refractivity contribution is -0.154. The number of hydrogen-bond acceptors (Lipinski definition) is 4. The topological polar surface area (TPSA) is 55.8 Å². The number of carbonyl (C=O) groups excluding carboxylic acids is 2. The van der Waals surface area contributed by atoms with Crippen LogP contribution in [-0.2, 0) is 20.9 Å². The summed E-state index contributed by atoms with van der Waals surface area (Å²) in [6.45, 7) is 1.64. The van der Waals surface area contributed by atoms with Crippen LogP contribution >= 0.6 is 0 Å². The van der Waals surface area contributed by atoms with Crippen LogP contribution in [0.15, 0.2) is 60.7 Å². The molecule has 2 aliphatic heterocycles. The van der Waals surface area contributed by atoms with E-state index in [2.05, 4.69) is 0 Å². The summed E-state index contributed by atoms with van der Waals surface area (Å²) in [6, 6.07) is 19.3. The van der Waals surface area contributed by atoms with Crippen molar-refractivity contribution < 1.29 is 19.1 Å². The average Bonchev–Trinajstić information content (AvgIpc) is 3.20. The van der Waals surface area contributed by atoms with Crippen molar-refractivity contribution in [2.24, 2.45) is 5.92 Å². The zero-order valence-electron chi connectivity index (χ0n) is 14.6. The molecule has 2 aromatic carbocycles. The van der Waals surface area contributed by atoms with E-state index in [4.69, 9.17) is 9.47 Å². The predicted molar refractivity (Wildman–Crippen MR) is 95.1 cm³/mol. The maximum absolute atomic E-state index is 12.8. The summed E-state index contributed by atoms with van der Waals surface area (Å²) in [5.74, 6) is -0.188. The van der Waals surface area contributed by atoms with Gasteiger partial charge < -0.3 is 9.47 Å². The van der Waals surface area contributed by atoms with Crippen molar-refractivity contribution in [2.75, 3.05) is 0 Å². The van der Waals surface area contributed by atoms with Crippen LogP contribution in [0, 0.1) is 5.92 Å². The van der Waals surface area contributed by atoms with E-state index in [1.807, 2.05) is 60.7 Å². The highest BCUT2D eigenvalue weighted by atomic mass is 16.6. The van der Waals surface area contributed by atoms with Crippen molar-refractivity contribution in [3.8, 4) is 0 Å². The third-order valence-electron chi connectivity index (χ3n) is 5.24. The first kappa shape index (κ1) is 16.6. The number of rotatable bonds is 4. The molecule has 5 nitrogen and oxygen atoms in total. The Morgan fingerprint density at radius 3 is 2.35 bits per heavy atom. The molecular formula is C21H21NO4. The molecule has 2 heterocycles. The maximum atomic E-state index is 12.8. The van der Waals surface area contributed by atoms with Gasteiger partial charge in [0.15, 0.2) is 0 Å². The van der Waals surface area contributed by atoms with Gasteiger partial charge in [0.05, 0.1) is 12.1 Å². The van der Waals surface area contributed by atoms with Crippen molar-refractivity contribution in [1.29, 1.82) is 0 Å². The molecule has 26 heavy (non-hydrogen) atoms. The Kier molecular flexibility index (Phi) is 4.37. The first-order chi connectivity index (χ1) is 12.6. The monoisotopic (exact) mass is 351 g/mol. The van der Waals surface area contributed by atoms with Crippen molar-refractivity contribution in [1.82, 2.24) is 4.90 Å². The van der Waals surface area contributed by atoms with Gasteiger partial charge in [0, 0.05) is 12.8 Å². The number of nitrogens with zero attached hydrogens (tertiary/aromatic N) is 1. The molecule has 0 aromatic heterocycles. The van der Waals surface area contributed by atoms with Gasteiger partial charge in [0.1, 0.15) is 12.7 Å². The molecule has 2 aromatic rings. The summed E-state index contributed by atoms with van der Waals surface area (Å²) in [4.78, 5) is 26.0. The van der Waals surface area contributed by atoms with Gasteiger partial charge in [-0.3, -0.25) is 9.69 Å². The highest BCUT2D eigenvalue weighted by molar-refractivity contribution is 5.71. The summed E-state index contributed by atoms with van der Waals surface area (Å²) in [7, 11) is 0. The molecule has 5 rings (SSSR count). The lowest BCUT2D eigenvalue weighted by Gasteiger charge is -2.34. The highest BCUT2D eigenvalue weighted by Crippen LogP contribution is 2.55. The summed E-state index contributed by atoms with van der Waals surface area (Å²) >= 11 is 0. The van der Waals surface area contributed by atoms with E-state index >= 15 is 0 Å². The van der Waals surface area contributed by atoms with Gasteiger partial charge >= 0.3 is 12.1 Å². The lowest BCUT2D eigenvalue weighted by atomic mass is 9.78. The molecule has 3 aliphatic rings. The number of amides is 1. The normalized spacial score (nSPS) is 26.1. The van der Waals surface area contributed by atoms with E-state index in [1.165, 1.54) is 6.92 Å². The Balaban J connectivity index is 1.54. The number of esters is 1. The summed E-state index contributed by atoms with van der Waals surface area (Å²) in [6.07, 6.45) is 0.227. The van der Waals surface area contributed by atoms with Crippen LogP contribution in [0.1, 0.15) is 30.5 Å². The van der Waals surface area contributed by atoms with E-state index in [0.29, 0.717) is 0 Å². The second-order valence-corrected chi connectivity index (χ2v) is 6.84. The van der Waals surface area contributed by atoms with Gasteiger partial charge in [0.2, 0.25) is 0 Å². The maximum Gasteiger partial charge on any atom is 0.411 e. The van der Waals surface area contributed by atoms with E-state index in [-0.39, 0.29) is 42.8 Å². The summed E-state index contributed by atoms with van der Waals surface area (Å²) in [5.41, 5.74) is 1.99. The first-order valence-corrected chi connectivity index (χ1v) is 8.86. The van der Waals surface area contributed by atoms with Crippen LogP contribution in [0.5, 0.6) is 0 Å². The largest absolute Gasteiger partial charge is 0.460 e.